The van der Waals surface area contributed by atoms with Crippen molar-refractivity contribution < 1.29 is 0 Å². The van der Waals surface area contributed by atoms with E-state index in [1.165, 1.54) is 0 Å². The fraction of sp³-hybridized carbons (Fsp3) is 0.0909. The minimum absolute atomic E-state index is 0.321. The van der Waals surface area contributed by atoms with E-state index < -0.39 is 0 Å². The van der Waals surface area contributed by atoms with Crippen LogP contribution in [0.4, 0.5) is 0 Å². The summed E-state index contributed by atoms with van der Waals surface area (Å²) in [6.07, 6.45) is 1.96. The van der Waals surface area contributed by atoms with Crippen molar-refractivity contribution >= 4 is 39.6 Å². The molecule has 0 bridgehead atoms. The van der Waals surface area contributed by atoms with Crippen LogP contribution >= 0.6 is 23.2 Å². The molecule has 3 rings (SSSR count). The summed E-state index contributed by atoms with van der Waals surface area (Å²) in [5.41, 5.74) is 2.73. The van der Waals surface area contributed by atoms with E-state index in [1.54, 1.807) is 0 Å². The maximum Gasteiger partial charge on any atom is 0.161 e. The average molecular weight is 252 g/mol. The topological polar surface area (TPSA) is 30.2 Å². The molecule has 0 aliphatic heterocycles. The molecule has 0 radical (unpaired) electrons. The fourth-order valence-electron chi connectivity index (χ4n) is 1.87. The van der Waals surface area contributed by atoms with Gasteiger partial charge in [-0.15, -0.1) is 16.7 Å². The largest absolute Gasteiger partial charge is 0.315 e. The van der Waals surface area contributed by atoms with Crippen LogP contribution in [-0.4, -0.2) is 14.6 Å². The number of hydrogen-bond acceptors (Lipinski definition) is 2. The molecule has 0 amide bonds. The molecule has 80 valence electrons. The quantitative estimate of drug-likeness (QED) is 0.622. The zero-order valence-corrected chi connectivity index (χ0v) is 9.70. The molecule has 0 aliphatic carbocycles. The molecule has 3 aromatic heterocycles. The molecular formula is C11H7Cl2N3. The Morgan fingerprint density at radius 1 is 1.25 bits per heavy atom. The number of pyridine rings is 1. The lowest BCUT2D eigenvalue weighted by Crippen LogP contribution is -1.94. The molecule has 0 spiro atoms. The number of rotatable bonds is 1. The van der Waals surface area contributed by atoms with Crippen molar-refractivity contribution in [2.45, 2.75) is 5.88 Å². The van der Waals surface area contributed by atoms with Gasteiger partial charge >= 0.3 is 0 Å². The van der Waals surface area contributed by atoms with Crippen molar-refractivity contribution in [3.05, 3.63) is 41.3 Å². The molecule has 3 nitrogen and oxygen atoms in total. The smallest absolute Gasteiger partial charge is 0.161 e. The van der Waals surface area contributed by atoms with E-state index in [1.807, 2.05) is 34.9 Å². The molecule has 16 heavy (non-hydrogen) atoms. The highest BCUT2D eigenvalue weighted by Gasteiger charge is 2.11. The third kappa shape index (κ3) is 1.29. The average Bonchev–Trinajstić information content (AvgIpc) is 2.70. The number of hydrogen-bond donors (Lipinski definition) is 0. The van der Waals surface area contributed by atoms with Crippen LogP contribution < -0.4 is 0 Å². The SMILES string of the molecule is ClCc1nnc(Cl)c2cc3ccccn3c12. The lowest BCUT2D eigenvalue weighted by Gasteiger charge is -2.00. The van der Waals surface area contributed by atoms with Gasteiger partial charge in [-0.2, -0.15) is 5.10 Å². The summed E-state index contributed by atoms with van der Waals surface area (Å²) in [7, 11) is 0. The maximum absolute atomic E-state index is 6.03. The van der Waals surface area contributed by atoms with Crippen LogP contribution in [0, 0.1) is 0 Å². The van der Waals surface area contributed by atoms with Crippen LogP contribution in [0.15, 0.2) is 30.5 Å². The van der Waals surface area contributed by atoms with E-state index in [-0.39, 0.29) is 0 Å². The standard InChI is InChI=1S/C11H7Cl2N3/c12-6-9-10-8(11(13)15-14-9)5-7-3-1-2-4-16(7)10/h1-5H,6H2. The first-order valence-electron chi connectivity index (χ1n) is 4.78. The molecule has 0 saturated heterocycles. The van der Waals surface area contributed by atoms with Crippen LogP contribution in [0.25, 0.3) is 16.4 Å². The number of fused-ring (bicyclic) bond motifs is 3. The van der Waals surface area contributed by atoms with Gasteiger partial charge in [-0.1, -0.05) is 17.7 Å². The van der Waals surface area contributed by atoms with Gasteiger partial charge in [0.1, 0.15) is 5.69 Å². The first-order valence-corrected chi connectivity index (χ1v) is 5.69. The van der Waals surface area contributed by atoms with Gasteiger partial charge in [0, 0.05) is 17.1 Å². The minimum Gasteiger partial charge on any atom is -0.315 e. The molecule has 0 atom stereocenters. The summed E-state index contributed by atoms with van der Waals surface area (Å²) in [6.45, 7) is 0. The number of halogens is 2. The van der Waals surface area contributed by atoms with E-state index in [9.17, 15) is 0 Å². The van der Waals surface area contributed by atoms with Gasteiger partial charge < -0.3 is 4.40 Å². The molecule has 0 saturated carbocycles. The zero-order chi connectivity index (χ0) is 11.1. The fourth-order valence-corrected chi connectivity index (χ4v) is 2.23. The molecule has 3 heterocycles. The summed E-state index contributed by atoms with van der Waals surface area (Å²) in [5.74, 6) is 0.321. The molecular weight excluding hydrogens is 245 g/mol. The van der Waals surface area contributed by atoms with E-state index in [2.05, 4.69) is 10.2 Å². The van der Waals surface area contributed by atoms with Gasteiger partial charge in [-0.3, -0.25) is 0 Å². The van der Waals surface area contributed by atoms with Gasteiger partial charge in [0.15, 0.2) is 5.15 Å². The number of alkyl halides is 1. The summed E-state index contributed by atoms with van der Waals surface area (Å²) in [6, 6.07) is 7.93. The van der Waals surface area contributed by atoms with Crippen LogP contribution in [0.3, 0.4) is 0 Å². The Morgan fingerprint density at radius 2 is 2.12 bits per heavy atom. The predicted octanol–water partition coefficient (Wildman–Crippen LogP) is 3.27. The second-order valence-electron chi connectivity index (χ2n) is 3.47. The minimum atomic E-state index is 0.321. The van der Waals surface area contributed by atoms with Gasteiger partial charge in [0.2, 0.25) is 0 Å². The highest BCUT2D eigenvalue weighted by atomic mass is 35.5. The molecule has 0 aliphatic rings. The third-order valence-electron chi connectivity index (χ3n) is 2.56. The summed E-state index contributed by atoms with van der Waals surface area (Å²) in [4.78, 5) is 0. The Bertz CT molecular complexity index is 675. The maximum atomic E-state index is 6.03. The van der Waals surface area contributed by atoms with Crippen molar-refractivity contribution in [1.82, 2.24) is 14.6 Å². The molecule has 0 fully saturated rings. The Labute approximate surface area is 102 Å². The van der Waals surface area contributed by atoms with E-state index in [0.29, 0.717) is 11.0 Å². The van der Waals surface area contributed by atoms with Crippen molar-refractivity contribution in [3.8, 4) is 0 Å². The van der Waals surface area contributed by atoms with Crippen molar-refractivity contribution in [3.63, 3.8) is 0 Å². The zero-order valence-electron chi connectivity index (χ0n) is 8.19. The Hall–Kier alpha value is -1.32. The normalized spacial score (nSPS) is 11.4. The van der Waals surface area contributed by atoms with Crippen LogP contribution in [-0.2, 0) is 5.88 Å². The van der Waals surface area contributed by atoms with Crippen LogP contribution in [0.5, 0.6) is 0 Å². The first kappa shape index (κ1) is 9.87. The second kappa shape index (κ2) is 3.61. The second-order valence-corrected chi connectivity index (χ2v) is 4.10. The third-order valence-corrected chi connectivity index (χ3v) is 3.09. The lowest BCUT2D eigenvalue weighted by atomic mass is 10.3. The molecule has 3 aromatic rings. The van der Waals surface area contributed by atoms with Crippen molar-refractivity contribution in [1.29, 1.82) is 0 Å². The highest BCUT2D eigenvalue weighted by molar-refractivity contribution is 6.34. The monoisotopic (exact) mass is 251 g/mol. The van der Waals surface area contributed by atoms with E-state index in [4.69, 9.17) is 23.2 Å². The van der Waals surface area contributed by atoms with Crippen molar-refractivity contribution in [2.24, 2.45) is 0 Å². The van der Waals surface area contributed by atoms with E-state index in [0.717, 1.165) is 22.1 Å². The predicted molar refractivity (Wildman–Crippen MR) is 65.1 cm³/mol. The highest BCUT2D eigenvalue weighted by Crippen LogP contribution is 2.27. The Balaban J connectivity index is 2.59. The molecule has 0 N–H and O–H groups in total. The number of nitrogens with zero attached hydrogens (tertiary/aromatic N) is 3. The Kier molecular flexibility index (Phi) is 2.23. The van der Waals surface area contributed by atoms with Gasteiger partial charge in [-0.05, 0) is 18.2 Å². The number of aromatic nitrogens is 3. The van der Waals surface area contributed by atoms with E-state index >= 15 is 0 Å². The molecule has 0 aromatic carbocycles. The van der Waals surface area contributed by atoms with Gasteiger partial charge in [0.25, 0.3) is 0 Å². The summed E-state index contributed by atoms with van der Waals surface area (Å²) < 4.78 is 2.02. The van der Waals surface area contributed by atoms with Gasteiger partial charge in [-0.25, -0.2) is 0 Å². The Morgan fingerprint density at radius 3 is 2.94 bits per heavy atom. The first-order chi connectivity index (χ1) is 7.81. The lowest BCUT2D eigenvalue weighted by molar-refractivity contribution is 0.982. The summed E-state index contributed by atoms with van der Waals surface area (Å²) >= 11 is 11.9. The molecule has 0 unspecified atom stereocenters. The van der Waals surface area contributed by atoms with Crippen LogP contribution in [0.2, 0.25) is 5.15 Å². The summed E-state index contributed by atoms with van der Waals surface area (Å²) in [5, 5.41) is 9.20. The molecule has 5 heteroatoms. The van der Waals surface area contributed by atoms with Crippen LogP contribution in [0.1, 0.15) is 5.69 Å². The van der Waals surface area contributed by atoms with Crippen molar-refractivity contribution in [2.75, 3.05) is 0 Å². The van der Waals surface area contributed by atoms with Gasteiger partial charge in [0.05, 0.1) is 11.4 Å².